The second-order valence-electron chi connectivity index (χ2n) is 3.56. The Hall–Kier alpha value is -1.20. The third kappa shape index (κ3) is 3.43. The summed E-state index contributed by atoms with van der Waals surface area (Å²) in [6.45, 7) is 2.11. The van der Waals surface area contributed by atoms with E-state index < -0.39 is 5.91 Å². The molecule has 0 aromatic heterocycles. The molecule has 5 N–H and O–H groups in total. The van der Waals surface area contributed by atoms with Gasteiger partial charge in [0.1, 0.15) is 0 Å². The molecular weight excluding hydrogens is 224 g/mol. The lowest BCUT2D eigenvalue weighted by molar-refractivity contribution is 0.0997. The summed E-state index contributed by atoms with van der Waals surface area (Å²) in [5.74, 6) is -0.460. The first-order valence-corrected chi connectivity index (χ1v) is 5.89. The summed E-state index contributed by atoms with van der Waals surface area (Å²) in [5, 5.41) is 9.03. The van der Waals surface area contributed by atoms with Crippen LogP contribution in [0.3, 0.4) is 0 Å². The van der Waals surface area contributed by atoms with Crippen molar-refractivity contribution in [3.05, 3.63) is 23.8 Å². The van der Waals surface area contributed by atoms with Crippen LogP contribution in [0.1, 0.15) is 23.7 Å². The first-order chi connectivity index (χ1) is 7.54. The number of nitrogens with two attached hydrogens (primary N) is 2. The van der Waals surface area contributed by atoms with Crippen LogP contribution in [0.15, 0.2) is 23.1 Å². The van der Waals surface area contributed by atoms with E-state index in [9.17, 15) is 4.79 Å². The summed E-state index contributed by atoms with van der Waals surface area (Å²) in [4.78, 5) is 12.0. The number of aliphatic hydroxyl groups is 1. The number of hydrogen-bond acceptors (Lipinski definition) is 4. The van der Waals surface area contributed by atoms with Crippen molar-refractivity contribution >= 4 is 23.4 Å². The van der Waals surface area contributed by atoms with Gasteiger partial charge in [0.2, 0.25) is 5.91 Å². The zero-order valence-corrected chi connectivity index (χ0v) is 9.96. The summed E-state index contributed by atoms with van der Waals surface area (Å²) in [7, 11) is 0. The molecule has 0 saturated carbocycles. The predicted octanol–water partition coefficient (Wildman–Crippen LogP) is 1.23. The molecule has 0 fully saturated rings. The molecule has 5 heteroatoms. The average Bonchev–Trinajstić information content (AvgIpc) is 2.17. The smallest absolute Gasteiger partial charge is 0.249 e. The zero-order chi connectivity index (χ0) is 12.1. The van der Waals surface area contributed by atoms with Crippen molar-refractivity contribution in [1.82, 2.24) is 0 Å². The minimum absolute atomic E-state index is 0.127. The molecule has 0 radical (unpaired) electrons. The van der Waals surface area contributed by atoms with Crippen LogP contribution in [0.5, 0.6) is 0 Å². The first-order valence-electron chi connectivity index (χ1n) is 5.01. The number of benzene rings is 1. The SMILES string of the molecule is CC(CCO)Sc1cc(N)ccc1C(N)=O. The van der Waals surface area contributed by atoms with Crippen molar-refractivity contribution in [3.8, 4) is 0 Å². The predicted molar refractivity (Wildman–Crippen MR) is 66.4 cm³/mol. The van der Waals surface area contributed by atoms with Gasteiger partial charge in [-0.1, -0.05) is 6.92 Å². The number of hydrogen-bond donors (Lipinski definition) is 3. The number of primary amides is 1. The topological polar surface area (TPSA) is 89.3 Å². The highest BCUT2D eigenvalue weighted by Crippen LogP contribution is 2.29. The van der Waals surface area contributed by atoms with E-state index in [1.807, 2.05) is 6.92 Å². The van der Waals surface area contributed by atoms with Crippen molar-refractivity contribution in [3.63, 3.8) is 0 Å². The van der Waals surface area contributed by atoms with Crippen molar-refractivity contribution in [1.29, 1.82) is 0 Å². The Morgan fingerprint density at radius 3 is 2.81 bits per heavy atom. The minimum atomic E-state index is -0.460. The Labute approximate surface area is 99.0 Å². The van der Waals surface area contributed by atoms with E-state index in [4.69, 9.17) is 16.6 Å². The fourth-order valence-electron chi connectivity index (χ4n) is 1.30. The van der Waals surface area contributed by atoms with Crippen LogP contribution in [0, 0.1) is 0 Å². The van der Waals surface area contributed by atoms with Gasteiger partial charge >= 0.3 is 0 Å². The maximum atomic E-state index is 11.2. The molecule has 4 nitrogen and oxygen atoms in total. The minimum Gasteiger partial charge on any atom is -0.399 e. The molecule has 1 rings (SSSR count). The lowest BCUT2D eigenvalue weighted by atomic mass is 10.2. The molecule has 1 aromatic rings. The molecule has 0 aliphatic rings. The van der Waals surface area contributed by atoms with Crippen molar-refractivity contribution < 1.29 is 9.90 Å². The first kappa shape index (κ1) is 12.9. The highest BCUT2D eigenvalue weighted by Gasteiger charge is 2.12. The van der Waals surface area contributed by atoms with Crippen LogP contribution in [0.25, 0.3) is 0 Å². The van der Waals surface area contributed by atoms with Gasteiger partial charge in [0.25, 0.3) is 0 Å². The maximum Gasteiger partial charge on any atom is 0.249 e. The third-order valence-electron chi connectivity index (χ3n) is 2.13. The van der Waals surface area contributed by atoms with Gasteiger partial charge in [-0.15, -0.1) is 11.8 Å². The van der Waals surface area contributed by atoms with Crippen LogP contribution < -0.4 is 11.5 Å². The highest BCUT2D eigenvalue weighted by molar-refractivity contribution is 8.00. The molecule has 1 amide bonds. The molecule has 0 bridgehead atoms. The number of rotatable bonds is 5. The second kappa shape index (κ2) is 5.77. The van der Waals surface area contributed by atoms with Gasteiger partial charge in [-0.25, -0.2) is 0 Å². The molecule has 0 heterocycles. The molecule has 1 unspecified atom stereocenters. The van der Waals surface area contributed by atoms with Gasteiger partial charge in [-0.2, -0.15) is 0 Å². The van der Waals surface area contributed by atoms with Crippen LogP contribution in [-0.4, -0.2) is 22.9 Å². The summed E-state index contributed by atoms with van der Waals surface area (Å²) < 4.78 is 0. The molecule has 0 aliphatic carbocycles. The highest BCUT2D eigenvalue weighted by atomic mass is 32.2. The third-order valence-corrected chi connectivity index (χ3v) is 3.36. The summed E-state index contributed by atoms with van der Waals surface area (Å²) in [6.07, 6.45) is 0.664. The summed E-state index contributed by atoms with van der Waals surface area (Å²) in [5.41, 5.74) is 12.0. The molecule has 1 atom stereocenters. The normalized spacial score (nSPS) is 12.4. The van der Waals surface area contributed by atoms with E-state index in [1.165, 1.54) is 11.8 Å². The lowest BCUT2D eigenvalue weighted by Crippen LogP contribution is -2.13. The molecule has 0 spiro atoms. The number of nitrogen functional groups attached to an aromatic ring is 1. The summed E-state index contributed by atoms with van der Waals surface area (Å²) in [6, 6.07) is 5.02. The fourth-order valence-corrected chi connectivity index (χ4v) is 2.45. The van der Waals surface area contributed by atoms with Gasteiger partial charge in [-0.05, 0) is 24.6 Å². The molecule has 88 valence electrons. The van der Waals surface area contributed by atoms with Gasteiger partial charge in [0.05, 0.1) is 5.56 Å². The average molecular weight is 240 g/mol. The zero-order valence-electron chi connectivity index (χ0n) is 9.14. The standard InChI is InChI=1S/C11H16N2O2S/c1-7(4-5-14)16-10-6-8(12)2-3-9(10)11(13)15/h2-3,6-7,14H,4-5,12H2,1H3,(H2,13,15). The van der Waals surface area contributed by atoms with Gasteiger partial charge in [0, 0.05) is 22.4 Å². The fraction of sp³-hybridized carbons (Fsp3) is 0.364. The molecule has 16 heavy (non-hydrogen) atoms. The number of carbonyl (C=O) groups excluding carboxylic acids is 1. The van der Waals surface area contributed by atoms with E-state index in [0.717, 1.165) is 4.90 Å². The number of amides is 1. The lowest BCUT2D eigenvalue weighted by Gasteiger charge is -2.12. The number of carbonyl (C=O) groups is 1. The number of thioether (sulfide) groups is 1. The Morgan fingerprint density at radius 2 is 2.25 bits per heavy atom. The molecule has 0 aliphatic heterocycles. The Morgan fingerprint density at radius 1 is 1.56 bits per heavy atom. The monoisotopic (exact) mass is 240 g/mol. The van der Waals surface area contributed by atoms with Crippen LogP contribution in [0.4, 0.5) is 5.69 Å². The van der Waals surface area contributed by atoms with Gasteiger partial charge in [0.15, 0.2) is 0 Å². The number of anilines is 1. The van der Waals surface area contributed by atoms with Crippen LogP contribution in [-0.2, 0) is 0 Å². The van der Waals surface area contributed by atoms with Gasteiger partial charge < -0.3 is 16.6 Å². The Bertz CT molecular complexity index is 382. The molecule has 0 saturated heterocycles. The van der Waals surface area contributed by atoms with E-state index in [0.29, 0.717) is 17.7 Å². The molecular formula is C11H16N2O2S. The van der Waals surface area contributed by atoms with E-state index >= 15 is 0 Å². The Balaban J connectivity index is 2.92. The molecule has 1 aromatic carbocycles. The van der Waals surface area contributed by atoms with E-state index in [-0.39, 0.29) is 11.9 Å². The van der Waals surface area contributed by atoms with Crippen molar-refractivity contribution in [2.75, 3.05) is 12.3 Å². The second-order valence-corrected chi connectivity index (χ2v) is 5.04. The van der Waals surface area contributed by atoms with Gasteiger partial charge in [-0.3, -0.25) is 4.79 Å². The van der Waals surface area contributed by atoms with Crippen LogP contribution in [0.2, 0.25) is 0 Å². The quantitative estimate of drug-likeness (QED) is 0.533. The number of aliphatic hydroxyl groups excluding tert-OH is 1. The van der Waals surface area contributed by atoms with Crippen LogP contribution >= 0.6 is 11.8 Å². The summed E-state index contributed by atoms with van der Waals surface area (Å²) >= 11 is 1.50. The van der Waals surface area contributed by atoms with E-state index in [1.54, 1.807) is 18.2 Å². The Kier molecular flexibility index (Phi) is 4.64. The van der Waals surface area contributed by atoms with Crippen molar-refractivity contribution in [2.45, 2.75) is 23.5 Å². The van der Waals surface area contributed by atoms with E-state index in [2.05, 4.69) is 0 Å². The van der Waals surface area contributed by atoms with Crippen molar-refractivity contribution in [2.24, 2.45) is 5.73 Å². The largest absolute Gasteiger partial charge is 0.399 e. The maximum absolute atomic E-state index is 11.2.